The summed E-state index contributed by atoms with van der Waals surface area (Å²) in [4.78, 5) is 0. The number of nitrogens with one attached hydrogen (secondary N) is 1. The molecule has 0 radical (unpaired) electrons. The topological polar surface area (TPSA) is 25.2 Å². The summed E-state index contributed by atoms with van der Waals surface area (Å²) in [6, 6.07) is 12.4. The van der Waals surface area contributed by atoms with Crippen LogP contribution in [-0.2, 0) is 6.54 Å². The van der Waals surface area contributed by atoms with E-state index in [4.69, 9.17) is 16.0 Å². The molecule has 0 saturated heterocycles. The highest BCUT2D eigenvalue weighted by molar-refractivity contribution is 6.30. The van der Waals surface area contributed by atoms with Crippen molar-refractivity contribution >= 4 is 11.6 Å². The molecule has 1 aliphatic rings. The third-order valence-electron chi connectivity index (χ3n) is 4.11. The van der Waals surface area contributed by atoms with E-state index in [-0.39, 0.29) is 6.04 Å². The Morgan fingerprint density at radius 1 is 1.25 bits per heavy atom. The van der Waals surface area contributed by atoms with Crippen LogP contribution >= 0.6 is 11.6 Å². The lowest BCUT2D eigenvalue weighted by Gasteiger charge is -2.13. The molecule has 2 nitrogen and oxygen atoms in total. The van der Waals surface area contributed by atoms with Crippen molar-refractivity contribution in [2.75, 3.05) is 0 Å². The molecular weight excluding hydrogens is 270 g/mol. The van der Waals surface area contributed by atoms with Crippen molar-refractivity contribution in [3.8, 4) is 0 Å². The second-order valence-corrected chi connectivity index (χ2v) is 6.21. The normalized spacial score (nSPS) is 22.8. The summed E-state index contributed by atoms with van der Waals surface area (Å²) in [5.74, 6) is 3.60. The Kier molecular flexibility index (Phi) is 3.86. The van der Waals surface area contributed by atoms with Crippen LogP contribution in [0.4, 0.5) is 0 Å². The zero-order valence-corrected chi connectivity index (χ0v) is 12.7. The first-order chi connectivity index (χ1) is 9.63. The van der Waals surface area contributed by atoms with Crippen LogP contribution in [0.15, 0.2) is 40.8 Å². The molecule has 106 valence electrons. The quantitative estimate of drug-likeness (QED) is 0.846. The number of furan rings is 1. The van der Waals surface area contributed by atoms with Crippen LogP contribution in [0.3, 0.4) is 0 Å². The lowest BCUT2D eigenvalue weighted by atomic mass is 10.1. The minimum atomic E-state index is 0.278. The molecule has 3 rings (SSSR count). The van der Waals surface area contributed by atoms with Gasteiger partial charge in [-0.05, 0) is 49.1 Å². The van der Waals surface area contributed by atoms with Crippen molar-refractivity contribution in [2.24, 2.45) is 5.92 Å². The van der Waals surface area contributed by atoms with E-state index in [0.29, 0.717) is 5.92 Å². The Balaban J connectivity index is 1.56. The fourth-order valence-electron chi connectivity index (χ4n) is 2.53. The van der Waals surface area contributed by atoms with E-state index >= 15 is 0 Å². The van der Waals surface area contributed by atoms with E-state index in [1.165, 1.54) is 12.0 Å². The van der Waals surface area contributed by atoms with Crippen LogP contribution in [0.25, 0.3) is 0 Å². The summed E-state index contributed by atoms with van der Waals surface area (Å²) in [6.45, 7) is 5.18. The van der Waals surface area contributed by atoms with Gasteiger partial charge in [-0.15, -0.1) is 0 Å². The van der Waals surface area contributed by atoms with Crippen LogP contribution in [0.1, 0.15) is 49.3 Å². The van der Waals surface area contributed by atoms with Gasteiger partial charge in [-0.1, -0.05) is 30.7 Å². The van der Waals surface area contributed by atoms with Crippen molar-refractivity contribution in [3.63, 3.8) is 0 Å². The predicted octanol–water partition coefficient (Wildman–Crippen LogP) is 4.91. The lowest BCUT2D eigenvalue weighted by molar-refractivity contribution is 0.430. The van der Waals surface area contributed by atoms with E-state index < -0.39 is 0 Å². The van der Waals surface area contributed by atoms with E-state index in [2.05, 4.69) is 43.4 Å². The molecule has 3 heteroatoms. The smallest absolute Gasteiger partial charge is 0.117 e. The lowest BCUT2D eigenvalue weighted by Crippen LogP contribution is -2.17. The highest BCUT2D eigenvalue weighted by Gasteiger charge is 2.36. The van der Waals surface area contributed by atoms with Crippen LogP contribution in [0, 0.1) is 5.92 Å². The van der Waals surface area contributed by atoms with Gasteiger partial charge in [0, 0.05) is 17.0 Å². The molecule has 1 fully saturated rings. The van der Waals surface area contributed by atoms with Crippen LogP contribution in [0.2, 0.25) is 5.02 Å². The maximum Gasteiger partial charge on any atom is 0.117 e. The average molecular weight is 290 g/mol. The van der Waals surface area contributed by atoms with Gasteiger partial charge in [0.2, 0.25) is 0 Å². The molecule has 0 bridgehead atoms. The van der Waals surface area contributed by atoms with Gasteiger partial charge in [0.25, 0.3) is 0 Å². The molecule has 1 N–H and O–H groups in total. The minimum Gasteiger partial charge on any atom is -0.464 e. The number of hydrogen-bond acceptors (Lipinski definition) is 2. The molecule has 20 heavy (non-hydrogen) atoms. The number of hydrogen-bond donors (Lipinski definition) is 1. The SMILES string of the molecule is CC(NCc1ccc(C2CC2C)o1)c1ccc(Cl)cc1. The Labute approximate surface area is 125 Å². The van der Waals surface area contributed by atoms with Crippen molar-refractivity contribution < 1.29 is 4.42 Å². The standard InChI is InChI=1S/C17H20ClNO/c1-11-9-16(11)17-8-7-15(20-17)10-19-12(2)13-3-5-14(18)6-4-13/h3-8,11-12,16,19H,9-10H2,1-2H3. The summed E-state index contributed by atoms with van der Waals surface area (Å²) in [5.41, 5.74) is 1.23. The zero-order chi connectivity index (χ0) is 14.1. The van der Waals surface area contributed by atoms with Crippen molar-refractivity contribution in [2.45, 2.75) is 38.8 Å². The molecule has 3 atom stereocenters. The van der Waals surface area contributed by atoms with E-state index in [1.54, 1.807) is 0 Å². The van der Waals surface area contributed by atoms with Gasteiger partial charge < -0.3 is 9.73 Å². The van der Waals surface area contributed by atoms with Crippen molar-refractivity contribution in [1.29, 1.82) is 0 Å². The summed E-state index contributed by atoms with van der Waals surface area (Å²) in [7, 11) is 0. The Morgan fingerprint density at radius 2 is 1.95 bits per heavy atom. The summed E-state index contributed by atoms with van der Waals surface area (Å²) >= 11 is 5.90. The summed E-state index contributed by atoms with van der Waals surface area (Å²) < 4.78 is 5.90. The summed E-state index contributed by atoms with van der Waals surface area (Å²) in [6.07, 6.45) is 1.27. The van der Waals surface area contributed by atoms with Gasteiger partial charge in [0.05, 0.1) is 6.54 Å². The second kappa shape index (κ2) is 5.63. The molecule has 1 heterocycles. The minimum absolute atomic E-state index is 0.278. The number of rotatable bonds is 5. The van der Waals surface area contributed by atoms with Crippen molar-refractivity contribution in [1.82, 2.24) is 5.32 Å². The van der Waals surface area contributed by atoms with Crippen LogP contribution < -0.4 is 5.32 Å². The average Bonchev–Trinajstić information content (AvgIpc) is 3.00. The molecule has 0 amide bonds. The Morgan fingerprint density at radius 3 is 2.60 bits per heavy atom. The molecule has 0 aliphatic heterocycles. The molecule has 1 aromatic heterocycles. The van der Waals surface area contributed by atoms with Crippen molar-refractivity contribution in [3.05, 3.63) is 58.5 Å². The van der Waals surface area contributed by atoms with E-state index in [1.807, 2.05) is 12.1 Å². The highest BCUT2D eigenvalue weighted by atomic mass is 35.5. The third-order valence-corrected chi connectivity index (χ3v) is 4.36. The van der Waals surface area contributed by atoms with Crippen LogP contribution in [0.5, 0.6) is 0 Å². The van der Waals surface area contributed by atoms with Gasteiger partial charge in [-0.2, -0.15) is 0 Å². The molecule has 2 aromatic rings. The predicted molar refractivity (Wildman–Crippen MR) is 81.9 cm³/mol. The van der Waals surface area contributed by atoms with Gasteiger partial charge in [0.15, 0.2) is 0 Å². The first-order valence-corrected chi connectivity index (χ1v) is 7.58. The van der Waals surface area contributed by atoms with E-state index in [9.17, 15) is 0 Å². The Hall–Kier alpha value is -1.25. The molecular formula is C17H20ClNO. The first-order valence-electron chi connectivity index (χ1n) is 7.21. The first kappa shape index (κ1) is 13.7. The highest BCUT2D eigenvalue weighted by Crippen LogP contribution is 2.47. The van der Waals surface area contributed by atoms with Gasteiger partial charge in [-0.3, -0.25) is 0 Å². The molecule has 1 saturated carbocycles. The maximum absolute atomic E-state index is 5.90. The van der Waals surface area contributed by atoms with E-state index in [0.717, 1.165) is 29.0 Å². The monoisotopic (exact) mass is 289 g/mol. The largest absolute Gasteiger partial charge is 0.464 e. The van der Waals surface area contributed by atoms with Gasteiger partial charge in [0.1, 0.15) is 11.5 Å². The maximum atomic E-state index is 5.90. The molecule has 1 aromatic carbocycles. The molecule has 1 aliphatic carbocycles. The second-order valence-electron chi connectivity index (χ2n) is 5.78. The summed E-state index contributed by atoms with van der Waals surface area (Å²) in [5, 5.41) is 4.26. The fraction of sp³-hybridized carbons (Fsp3) is 0.412. The molecule has 3 unspecified atom stereocenters. The third kappa shape index (κ3) is 3.08. The van der Waals surface area contributed by atoms with Gasteiger partial charge in [-0.25, -0.2) is 0 Å². The number of benzene rings is 1. The zero-order valence-electron chi connectivity index (χ0n) is 11.9. The van der Waals surface area contributed by atoms with Gasteiger partial charge >= 0.3 is 0 Å². The Bertz CT molecular complexity index is 575. The van der Waals surface area contributed by atoms with Crippen LogP contribution in [-0.4, -0.2) is 0 Å². The fourth-order valence-corrected chi connectivity index (χ4v) is 2.66. The molecule has 0 spiro atoms. The number of halogens is 1.